The molecule has 2 aromatic rings. The van der Waals surface area contributed by atoms with Gasteiger partial charge < -0.3 is 39.3 Å². The first-order valence-corrected chi connectivity index (χ1v) is 20.1. The van der Waals surface area contributed by atoms with E-state index in [2.05, 4.69) is 26.8 Å². The van der Waals surface area contributed by atoms with Crippen LogP contribution in [-0.2, 0) is 27.3 Å². The number of amides is 1. The highest BCUT2D eigenvalue weighted by molar-refractivity contribution is 5.68. The molecule has 2 aromatic carbocycles. The lowest BCUT2D eigenvalue weighted by molar-refractivity contribution is -0.309. The predicted octanol–water partition coefficient (Wildman–Crippen LogP) is 7.36. The van der Waals surface area contributed by atoms with Crippen molar-refractivity contribution in [2.75, 3.05) is 102 Å². The summed E-state index contributed by atoms with van der Waals surface area (Å²) >= 11 is 0. The van der Waals surface area contributed by atoms with Crippen molar-refractivity contribution in [3.05, 3.63) is 59.2 Å². The zero-order valence-corrected chi connectivity index (χ0v) is 34.7. The number of piperazine rings is 2. The number of hydrogen-bond donors (Lipinski definition) is 2. The van der Waals surface area contributed by atoms with E-state index in [1.807, 2.05) is 17.0 Å². The summed E-state index contributed by atoms with van der Waals surface area (Å²) < 4.78 is 185. The highest BCUT2D eigenvalue weighted by atomic mass is 19.4. The van der Waals surface area contributed by atoms with E-state index in [1.54, 1.807) is 23.1 Å². The van der Waals surface area contributed by atoms with Crippen LogP contribution in [0.5, 0.6) is 0 Å². The number of nitrogens with zero attached hydrogens (tertiary/aromatic N) is 5. The Morgan fingerprint density at radius 1 is 0.677 bits per heavy atom. The van der Waals surface area contributed by atoms with Gasteiger partial charge in [0.1, 0.15) is 11.6 Å². The van der Waals surface area contributed by atoms with E-state index in [1.165, 1.54) is 13.0 Å². The van der Waals surface area contributed by atoms with Gasteiger partial charge in [0.15, 0.2) is 0 Å². The summed E-state index contributed by atoms with van der Waals surface area (Å²) in [5.74, 6) is -0.517. The summed E-state index contributed by atoms with van der Waals surface area (Å²) in [7, 11) is 0. The molecule has 11 nitrogen and oxygen atoms in total. The molecule has 2 N–H and O–H groups in total. The van der Waals surface area contributed by atoms with Crippen molar-refractivity contribution in [1.29, 1.82) is 0 Å². The average Bonchev–Trinajstić information content (AvgIpc) is 3.21. The third-order valence-electron chi connectivity index (χ3n) is 10.4. The molecule has 0 unspecified atom stereocenters. The van der Waals surface area contributed by atoms with Crippen LogP contribution in [0.25, 0.3) is 0 Å². The number of carbonyl (C=O) groups is 1. The summed E-state index contributed by atoms with van der Waals surface area (Å²) in [4.78, 5) is 21.1. The van der Waals surface area contributed by atoms with Crippen LogP contribution in [0.1, 0.15) is 32.4 Å². The minimum absolute atomic E-state index is 0. The lowest BCUT2D eigenvalue weighted by Crippen LogP contribution is -2.56. The highest BCUT2D eigenvalue weighted by Crippen LogP contribution is 2.37. The van der Waals surface area contributed by atoms with Crippen LogP contribution >= 0.6 is 0 Å². The molecule has 4 saturated heterocycles. The fourth-order valence-corrected chi connectivity index (χ4v) is 7.12. The van der Waals surface area contributed by atoms with Crippen molar-refractivity contribution in [1.82, 2.24) is 20.0 Å². The normalized spacial score (nSPS) is 20.7. The van der Waals surface area contributed by atoms with E-state index in [4.69, 9.17) is 14.6 Å². The maximum atomic E-state index is 14.6. The number of benzene rings is 2. The maximum absolute atomic E-state index is 14.6. The van der Waals surface area contributed by atoms with Crippen LogP contribution in [0.4, 0.5) is 77.6 Å². The Hall–Kier alpha value is -3.91. The molecule has 6 rings (SSSR count). The van der Waals surface area contributed by atoms with Gasteiger partial charge in [0.25, 0.3) is 6.10 Å². The first kappa shape index (κ1) is 55.4. The zero-order chi connectivity index (χ0) is 47.6. The van der Waals surface area contributed by atoms with E-state index in [0.717, 1.165) is 67.8 Å². The Kier molecular flexibility index (Phi) is 20.2. The molecule has 4 aliphatic rings. The Labute approximate surface area is 367 Å². The molecule has 65 heavy (non-hydrogen) atoms. The number of aliphatic hydroxyl groups excluding tert-OH is 1. The van der Waals surface area contributed by atoms with Crippen molar-refractivity contribution in [2.24, 2.45) is 0 Å². The van der Waals surface area contributed by atoms with Crippen molar-refractivity contribution in [3.63, 3.8) is 0 Å². The van der Waals surface area contributed by atoms with Crippen molar-refractivity contribution in [3.8, 4) is 0 Å². The summed E-state index contributed by atoms with van der Waals surface area (Å²) in [6, 6.07) is 10.2. The minimum Gasteiger partial charge on any atom is -0.426 e. The molecule has 25 heteroatoms. The molecule has 4 heterocycles. The molecule has 0 saturated carbocycles. The topological polar surface area (TPSA) is 93.2 Å². The SMILES string of the molecule is C.C[C@H]1CN(Cc2ccc(N3CCOCC3)cc2F)CCN1.C[C@H]1CN(Cc2ccc(N3CCOCC3)cc2F)CCN1C(=O)OC(C(F)(F)F)C(F)(F)F.OC(C(F)(F)F)C(F)(F)F. The van der Waals surface area contributed by atoms with E-state index >= 15 is 0 Å². The molecule has 4 aliphatic heterocycles. The number of anilines is 2. The van der Waals surface area contributed by atoms with Crippen LogP contribution in [0.15, 0.2) is 36.4 Å². The van der Waals surface area contributed by atoms with E-state index < -0.39 is 54.9 Å². The Morgan fingerprint density at radius 3 is 1.46 bits per heavy atom. The Morgan fingerprint density at radius 2 is 1.11 bits per heavy atom. The van der Waals surface area contributed by atoms with Gasteiger partial charge in [-0.1, -0.05) is 19.6 Å². The average molecular weight is 965 g/mol. The van der Waals surface area contributed by atoms with Gasteiger partial charge in [-0.15, -0.1) is 0 Å². The molecule has 4 fully saturated rings. The summed E-state index contributed by atoms with van der Waals surface area (Å²) in [5, 5.41) is 10.9. The largest absolute Gasteiger partial charge is 0.434 e. The first-order chi connectivity index (χ1) is 29.7. The quantitative estimate of drug-likeness (QED) is 0.275. The monoisotopic (exact) mass is 964 g/mol. The van der Waals surface area contributed by atoms with Gasteiger partial charge in [-0.2, -0.15) is 52.7 Å². The van der Waals surface area contributed by atoms with Gasteiger partial charge >= 0.3 is 30.8 Å². The molecule has 0 bridgehead atoms. The summed E-state index contributed by atoms with van der Waals surface area (Å²) in [6.07, 6.45) is -32.9. The fourth-order valence-electron chi connectivity index (χ4n) is 7.12. The van der Waals surface area contributed by atoms with E-state index in [-0.39, 0.29) is 39.4 Å². The van der Waals surface area contributed by atoms with Gasteiger partial charge in [0.2, 0.25) is 6.10 Å². The van der Waals surface area contributed by atoms with Gasteiger partial charge in [-0.25, -0.2) is 13.6 Å². The number of nitrogens with one attached hydrogen (secondary N) is 1. The highest BCUT2D eigenvalue weighted by Gasteiger charge is 2.60. The lowest BCUT2D eigenvalue weighted by Gasteiger charge is -2.40. The molecule has 372 valence electrons. The van der Waals surface area contributed by atoms with Crippen LogP contribution in [0.3, 0.4) is 0 Å². The number of ether oxygens (including phenoxy) is 3. The molecule has 0 spiro atoms. The van der Waals surface area contributed by atoms with Crippen LogP contribution in [-0.4, -0.2) is 167 Å². The molecule has 0 aromatic heterocycles. The molecule has 0 aliphatic carbocycles. The van der Waals surface area contributed by atoms with Gasteiger partial charge in [0.05, 0.1) is 26.4 Å². The second-order valence-electron chi connectivity index (χ2n) is 15.5. The zero-order valence-electron chi connectivity index (χ0n) is 34.7. The third-order valence-corrected chi connectivity index (χ3v) is 10.4. The second-order valence-corrected chi connectivity index (χ2v) is 15.5. The van der Waals surface area contributed by atoms with E-state index in [0.29, 0.717) is 44.5 Å². The lowest BCUT2D eigenvalue weighted by atomic mass is 10.1. The van der Waals surface area contributed by atoms with Crippen LogP contribution in [0.2, 0.25) is 0 Å². The van der Waals surface area contributed by atoms with Crippen molar-refractivity contribution < 1.29 is 85.6 Å². The van der Waals surface area contributed by atoms with E-state index in [9.17, 15) is 66.3 Å². The Balaban J connectivity index is 0.000000298. The molecule has 2 atom stereocenters. The number of aliphatic hydroxyl groups is 1. The number of carbonyl (C=O) groups excluding carboxylic acids is 1. The summed E-state index contributed by atoms with van der Waals surface area (Å²) in [6.45, 7) is 13.1. The molecular weight excluding hydrogens is 910 g/mol. The maximum Gasteiger partial charge on any atom is 0.434 e. The fraction of sp³-hybridized carbons (Fsp3) is 0.675. The van der Waals surface area contributed by atoms with Crippen molar-refractivity contribution in [2.45, 2.75) is 83.4 Å². The van der Waals surface area contributed by atoms with Crippen molar-refractivity contribution >= 4 is 17.5 Å². The standard InChI is InChI=1S/C20H24F7N3O3.C16H24FN3O.C3H2F6O.CH4/c1-13-11-28(4-5-30(13)18(31)33-17(19(22,23)24)20(25,26)27)12-14-2-3-15(10-16(14)21)29-6-8-32-9-7-29;1-13-11-19(5-4-18-13)12-14-2-3-15(10-16(14)17)20-6-8-21-9-7-20;4-2(5,6)1(10)3(7,8)9;/h2-3,10,13,17H,4-9,11-12H2,1H3;2-3,10,13,18H,4-9,11-12H2,1H3;1,10H;1H4/t2*13-;;/m00../s1. The number of rotatable bonds is 7. The number of hydrogen-bond acceptors (Lipinski definition) is 10. The molecule has 1 amide bonds. The first-order valence-electron chi connectivity index (χ1n) is 20.1. The smallest absolute Gasteiger partial charge is 0.426 e. The predicted molar refractivity (Wildman–Crippen MR) is 210 cm³/mol. The number of alkyl halides is 12. The Bertz CT molecular complexity index is 1750. The van der Waals surface area contributed by atoms with Crippen LogP contribution < -0.4 is 15.1 Å². The van der Waals surface area contributed by atoms with Gasteiger partial charge in [0, 0.05) is 113 Å². The third kappa shape index (κ3) is 17.0. The molecule has 0 radical (unpaired) electrons. The second kappa shape index (κ2) is 23.7. The van der Waals surface area contributed by atoms with Gasteiger partial charge in [-0.05, 0) is 38.1 Å². The number of morpholine rings is 2. The summed E-state index contributed by atoms with van der Waals surface area (Å²) in [5.41, 5.74) is 2.88. The van der Waals surface area contributed by atoms with Crippen LogP contribution in [0, 0.1) is 11.6 Å². The van der Waals surface area contributed by atoms with Gasteiger partial charge in [-0.3, -0.25) is 9.80 Å². The minimum atomic E-state index is -5.77. The number of halogens is 14. The molecular formula is C40H54F14N6O5.